The Labute approximate surface area is 288 Å². The fourth-order valence-electron chi connectivity index (χ4n) is 5.43. The molecule has 0 saturated heterocycles. The molecular weight excluding hydrogens is 652 g/mol. The molecule has 2 aromatic carbocycles. The van der Waals surface area contributed by atoms with Crippen LogP contribution < -0.4 is 19.5 Å². The van der Waals surface area contributed by atoms with Gasteiger partial charge >= 0.3 is 6.03 Å². The molecule has 4 atom stereocenters. The molecular formula is C34H48N6O8S. The predicted molar refractivity (Wildman–Crippen MR) is 186 cm³/mol. The molecule has 0 spiro atoms. The fraction of sp³-hybridized carbons (Fsp3) is 0.500. The normalized spacial score (nSPS) is 19.9. The van der Waals surface area contributed by atoms with Crippen molar-refractivity contribution in [2.75, 3.05) is 50.5 Å². The van der Waals surface area contributed by atoms with E-state index in [1.54, 1.807) is 69.4 Å². The lowest BCUT2D eigenvalue weighted by molar-refractivity contribution is -0.0115. The first kappa shape index (κ1) is 37.5. The van der Waals surface area contributed by atoms with Crippen LogP contribution in [0.4, 0.5) is 16.2 Å². The number of aliphatic hydroxyl groups is 1. The number of imidazole rings is 1. The number of fused-ring (bicyclic) bond motifs is 1. The number of nitrogens with one attached hydrogen (secondary N) is 2. The molecule has 3 amide bonds. The van der Waals surface area contributed by atoms with Gasteiger partial charge in [-0.2, -0.15) is 8.42 Å². The Balaban J connectivity index is 1.60. The van der Waals surface area contributed by atoms with Crippen molar-refractivity contribution in [3.63, 3.8) is 0 Å². The molecule has 0 saturated carbocycles. The first-order valence-corrected chi connectivity index (χ1v) is 17.8. The van der Waals surface area contributed by atoms with Crippen LogP contribution in [0.1, 0.15) is 50.4 Å². The number of carbonyl (C=O) groups is 2. The average molecular weight is 701 g/mol. The van der Waals surface area contributed by atoms with E-state index < -0.39 is 28.1 Å². The molecule has 4 rings (SSSR count). The molecule has 3 aromatic rings. The van der Waals surface area contributed by atoms with Crippen molar-refractivity contribution >= 4 is 33.3 Å². The molecule has 15 heteroatoms. The third kappa shape index (κ3) is 10.1. The number of aromatic nitrogens is 2. The lowest BCUT2D eigenvalue weighted by Crippen LogP contribution is -2.48. The molecule has 1 aliphatic heterocycles. The summed E-state index contributed by atoms with van der Waals surface area (Å²) in [6, 6.07) is 10.7. The first-order chi connectivity index (χ1) is 23.3. The van der Waals surface area contributed by atoms with Crippen molar-refractivity contribution in [2.45, 2.75) is 63.3 Å². The Kier molecular flexibility index (Phi) is 12.9. The summed E-state index contributed by atoms with van der Waals surface area (Å²) in [5.41, 5.74) is 0.916. The highest BCUT2D eigenvalue weighted by atomic mass is 32.2. The number of rotatable bonds is 9. The van der Waals surface area contributed by atoms with E-state index in [0.717, 1.165) is 12.8 Å². The second kappa shape index (κ2) is 16.9. The van der Waals surface area contributed by atoms with Crippen LogP contribution in [0.2, 0.25) is 0 Å². The number of hydrogen-bond donors (Lipinski definition) is 3. The number of carbonyl (C=O) groups excluding carboxylic acids is 2. The Morgan fingerprint density at radius 1 is 1.16 bits per heavy atom. The molecule has 268 valence electrons. The van der Waals surface area contributed by atoms with Gasteiger partial charge in [-0.1, -0.05) is 6.92 Å². The number of nitrogens with zero attached hydrogens (tertiary/aromatic N) is 4. The van der Waals surface area contributed by atoms with E-state index >= 15 is 0 Å². The third-order valence-corrected chi connectivity index (χ3v) is 9.67. The fourth-order valence-corrected chi connectivity index (χ4v) is 6.46. The van der Waals surface area contributed by atoms with Crippen LogP contribution in [0.3, 0.4) is 0 Å². The molecule has 0 unspecified atom stereocenters. The van der Waals surface area contributed by atoms with Gasteiger partial charge in [0.05, 0.1) is 43.9 Å². The number of amides is 3. The van der Waals surface area contributed by atoms with Crippen LogP contribution in [0.5, 0.6) is 11.5 Å². The summed E-state index contributed by atoms with van der Waals surface area (Å²) in [5, 5.41) is 12.9. The maximum absolute atomic E-state index is 14.4. The number of sulfonamides is 1. The number of urea groups is 1. The van der Waals surface area contributed by atoms with Gasteiger partial charge in [-0.25, -0.2) is 9.78 Å². The van der Waals surface area contributed by atoms with Gasteiger partial charge in [-0.05, 0) is 75.6 Å². The molecule has 0 aliphatic carbocycles. The molecule has 0 bridgehead atoms. The molecule has 1 aromatic heterocycles. The van der Waals surface area contributed by atoms with Crippen molar-refractivity contribution in [3.05, 3.63) is 60.6 Å². The Hall–Kier alpha value is -4.34. The molecule has 14 nitrogen and oxygen atoms in total. The number of anilines is 2. The number of hydrogen-bond acceptors (Lipinski definition) is 9. The van der Waals surface area contributed by atoms with E-state index in [2.05, 4.69) is 15.0 Å². The van der Waals surface area contributed by atoms with Crippen molar-refractivity contribution in [1.29, 1.82) is 0 Å². The van der Waals surface area contributed by atoms with Gasteiger partial charge in [0.2, 0.25) is 0 Å². The highest BCUT2D eigenvalue weighted by Gasteiger charge is 2.31. The van der Waals surface area contributed by atoms with Crippen LogP contribution in [-0.2, 0) is 21.8 Å². The van der Waals surface area contributed by atoms with Gasteiger partial charge in [-0.3, -0.25) is 9.52 Å². The second-order valence-corrected chi connectivity index (χ2v) is 14.2. The summed E-state index contributed by atoms with van der Waals surface area (Å²) in [7, 11) is 0.885. The molecule has 49 heavy (non-hydrogen) atoms. The van der Waals surface area contributed by atoms with E-state index in [0.29, 0.717) is 30.2 Å². The molecule has 2 heterocycles. The summed E-state index contributed by atoms with van der Waals surface area (Å²) in [4.78, 5) is 34.5. The van der Waals surface area contributed by atoms with Gasteiger partial charge < -0.3 is 39.0 Å². The number of methoxy groups -OCH3 is 1. The maximum atomic E-state index is 14.4. The lowest BCUT2D eigenvalue weighted by atomic mass is 10.0. The summed E-state index contributed by atoms with van der Waals surface area (Å²) < 4.78 is 47.9. The monoisotopic (exact) mass is 700 g/mol. The summed E-state index contributed by atoms with van der Waals surface area (Å²) in [6.45, 7) is 6.14. The number of aliphatic hydroxyl groups excluding tert-OH is 1. The highest BCUT2D eigenvalue weighted by Crippen LogP contribution is 2.29. The zero-order valence-electron chi connectivity index (χ0n) is 29.0. The van der Waals surface area contributed by atoms with E-state index in [1.165, 1.54) is 28.1 Å². The van der Waals surface area contributed by atoms with E-state index in [9.17, 15) is 23.1 Å². The van der Waals surface area contributed by atoms with Gasteiger partial charge in [0.15, 0.2) is 5.03 Å². The SMILES string of the molecule is COc1ccc(NC(=O)N(C)C[C@H]2OCCCC[C@@H](C)Oc3ccc(NS(=O)(=O)c4cn(C)cn4)cc3C(=O)N([C@H](C)CO)C[C@@H]2C)cc1. The Morgan fingerprint density at radius 3 is 2.53 bits per heavy atom. The first-order valence-electron chi connectivity index (χ1n) is 16.3. The van der Waals surface area contributed by atoms with Crippen molar-refractivity contribution < 1.29 is 37.3 Å². The minimum absolute atomic E-state index is 0.145. The van der Waals surface area contributed by atoms with E-state index in [4.69, 9.17) is 14.2 Å². The van der Waals surface area contributed by atoms with Gasteiger partial charge in [-0.15, -0.1) is 0 Å². The number of aryl methyl sites for hydroxylation is 1. The Morgan fingerprint density at radius 2 is 1.88 bits per heavy atom. The lowest BCUT2D eigenvalue weighted by Gasteiger charge is -2.35. The summed E-state index contributed by atoms with van der Waals surface area (Å²) in [6.07, 6.45) is 4.31. The summed E-state index contributed by atoms with van der Waals surface area (Å²) in [5.74, 6) is 0.262. The maximum Gasteiger partial charge on any atom is 0.321 e. The number of likely N-dealkylation sites (N-methyl/N-ethyl adjacent to an activating group) is 1. The quantitative estimate of drug-likeness (QED) is 0.297. The third-order valence-electron chi connectivity index (χ3n) is 8.40. The predicted octanol–water partition coefficient (Wildman–Crippen LogP) is 4.19. The van der Waals surface area contributed by atoms with Gasteiger partial charge in [0.1, 0.15) is 11.5 Å². The summed E-state index contributed by atoms with van der Waals surface area (Å²) >= 11 is 0. The standard InChI is InChI=1S/C34H48N6O8S/c1-23-18-40(24(2)21-41)33(42)29-17-27(37-49(44,45)32-20-38(4)22-35-32)12-15-30(29)48-25(3)9-7-8-16-47-31(23)19-39(5)34(43)36-26-10-13-28(46-6)14-11-26/h10-15,17,20,22-25,31,37,41H,7-9,16,18-19,21H2,1-6H3,(H,36,43)/t23-,24+,25+,31+/m0/s1. The largest absolute Gasteiger partial charge is 0.497 e. The highest BCUT2D eigenvalue weighted by molar-refractivity contribution is 7.92. The van der Waals surface area contributed by atoms with Crippen LogP contribution in [0.25, 0.3) is 0 Å². The van der Waals surface area contributed by atoms with Crippen LogP contribution in [-0.4, -0.2) is 104 Å². The number of ether oxygens (including phenoxy) is 3. The number of benzene rings is 2. The minimum Gasteiger partial charge on any atom is -0.497 e. The van der Waals surface area contributed by atoms with E-state index in [-0.39, 0.29) is 54.0 Å². The zero-order chi connectivity index (χ0) is 35.7. The molecule has 0 radical (unpaired) electrons. The van der Waals surface area contributed by atoms with Crippen LogP contribution in [0.15, 0.2) is 60.0 Å². The smallest absolute Gasteiger partial charge is 0.321 e. The minimum atomic E-state index is -4.04. The van der Waals surface area contributed by atoms with Gasteiger partial charge in [0, 0.05) is 57.3 Å². The second-order valence-electron chi connectivity index (χ2n) is 12.5. The van der Waals surface area contributed by atoms with Crippen LogP contribution in [0, 0.1) is 5.92 Å². The molecule has 1 aliphatic rings. The van der Waals surface area contributed by atoms with Crippen molar-refractivity contribution in [2.24, 2.45) is 13.0 Å². The zero-order valence-corrected chi connectivity index (χ0v) is 29.8. The van der Waals surface area contributed by atoms with E-state index in [1.807, 2.05) is 13.8 Å². The van der Waals surface area contributed by atoms with Crippen molar-refractivity contribution in [1.82, 2.24) is 19.4 Å². The molecule has 0 fully saturated rings. The van der Waals surface area contributed by atoms with Crippen molar-refractivity contribution in [3.8, 4) is 11.5 Å². The Bertz CT molecular complexity index is 1660. The van der Waals surface area contributed by atoms with Gasteiger partial charge in [0.25, 0.3) is 15.9 Å². The topological polar surface area (TPSA) is 165 Å². The molecule has 3 N–H and O–H groups in total. The van der Waals surface area contributed by atoms with Crippen LogP contribution >= 0.6 is 0 Å². The average Bonchev–Trinajstić information content (AvgIpc) is 3.53.